The number of rotatable bonds is 4. The highest BCUT2D eigenvalue weighted by Crippen LogP contribution is 2.13. The van der Waals surface area contributed by atoms with Gasteiger partial charge in [-0.1, -0.05) is 6.07 Å². The number of nitrogens with one attached hydrogen (secondary N) is 2. The fourth-order valence-electron chi connectivity index (χ4n) is 1.83. The van der Waals surface area contributed by atoms with Crippen LogP contribution in [0.1, 0.15) is 25.9 Å². The number of hydrogen-bond donors (Lipinski definition) is 3. The minimum atomic E-state index is -1.08. The van der Waals surface area contributed by atoms with Crippen LogP contribution in [0.25, 0.3) is 10.9 Å². The zero-order valence-corrected chi connectivity index (χ0v) is 11.5. The number of amides is 1. The number of benzene rings is 1. The quantitative estimate of drug-likeness (QED) is 0.679. The highest BCUT2D eigenvalue weighted by molar-refractivity contribution is 7.09. The average molecular weight is 302 g/mol. The normalized spacial score (nSPS) is 10.7. The van der Waals surface area contributed by atoms with Gasteiger partial charge in [-0.15, -0.1) is 11.3 Å². The molecule has 3 N–H and O–H groups in total. The van der Waals surface area contributed by atoms with Crippen molar-refractivity contribution in [2.75, 3.05) is 0 Å². The molecule has 0 aliphatic rings. The molecule has 7 nitrogen and oxygen atoms in total. The average Bonchev–Trinajstić information content (AvgIpc) is 3.12. The number of H-pyrrole nitrogens is 1. The number of carboxylic acid groups (broad SMARTS) is 1. The van der Waals surface area contributed by atoms with Crippen molar-refractivity contribution in [3.05, 3.63) is 46.0 Å². The van der Waals surface area contributed by atoms with E-state index in [1.54, 1.807) is 24.4 Å². The largest absolute Gasteiger partial charge is 0.476 e. The molecule has 8 heteroatoms. The number of aromatic nitrogens is 3. The van der Waals surface area contributed by atoms with Crippen LogP contribution < -0.4 is 5.32 Å². The number of aromatic amines is 1. The predicted molar refractivity (Wildman–Crippen MR) is 76.3 cm³/mol. The van der Waals surface area contributed by atoms with Gasteiger partial charge in [0.25, 0.3) is 5.91 Å². The summed E-state index contributed by atoms with van der Waals surface area (Å²) in [6, 6.07) is 5.22. The number of aromatic carboxylic acids is 1. The lowest BCUT2D eigenvalue weighted by molar-refractivity contribution is 0.0691. The first kappa shape index (κ1) is 13.3. The van der Waals surface area contributed by atoms with Gasteiger partial charge in [-0.05, 0) is 12.1 Å². The van der Waals surface area contributed by atoms with E-state index in [-0.39, 0.29) is 18.1 Å². The maximum Gasteiger partial charge on any atom is 0.355 e. The number of fused-ring (bicyclic) bond motifs is 1. The van der Waals surface area contributed by atoms with Gasteiger partial charge in [0.1, 0.15) is 5.01 Å². The molecule has 1 amide bonds. The van der Waals surface area contributed by atoms with Crippen molar-refractivity contribution >= 4 is 34.1 Å². The van der Waals surface area contributed by atoms with Crippen molar-refractivity contribution in [1.29, 1.82) is 0 Å². The Labute approximate surface area is 122 Å². The lowest BCUT2D eigenvalue weighted by atomic mass is 10.1. The van der Waals surface area contributed by atoms with Crippen LogP contribution in [0, 0.1) is 0 Å². The second-order valence-electron chi connectivity index (χ2n) is 4.29. The lowest BCUT2D eigenvalue weighted by Crippen LogP contribution is -2.22. The Morgan fingerprint density at radius 2 is 2.24 bits per heavy atom. The summed E-state index contributed by atoms with van der Waals surface area (Å²) in [6.07, 6.45) is 1.68. The van der Waals surface area contributed by atoms with E-state index in [0.29, 0.717) is 10.6 Å². The van der Waals surface area contributed by atoms with E-state index in [4.69, 9.17) is 5.11 Å². The second kappa shape index (κ2) is 5.33. The minimum absolute atomic E-state index is 0.0110. The fourth-order valence-corrected chi connectivity index (χ4v) is 2.53. The molecule has 2 heterocycles. The van der Waals surface area contributed by atoms with Gasteiger partial charge in [0.05, 0.1) is 18.3 Å². The van der Waals surface area contributed by atoms with Gasteiger partial charge < -0.3 is 10.4 Å². The Balaban J connectivity index is 1.69. The molecule has 21 heavy (non-hydrogen) atoms. The van der Waals surface area contributed by atoms with Crippen LogP contribution in [0.2, 0.25) is 0 Å². The van der Waals surface area contributed by atoms with Gasteiger partial charge in [0, 0.05) is 16.3 Å². The number of thiazole rings is 1. The number of carbonyl (C=O) groups is 2. The summed E-state index contributed by atoms with van der Waals surface area (Å²) < 4.78 is 0. The molecular formula is C13H10N4O3S. The molecule has 1 aromatic carbocycles. The van der Waals surface area contributed by atoms with Crippen LogP contribution in [0.4, 0.5) is 0 Å². The molecule has 0 atom stereocenters. The predicted octanol–water partition coefficient (Wildman–Crippen LogP) is 1.65. The van der Waals surface area contributed by atoms with E-state index in [1.165, 1.54) is 16.7 Å². The summed E-state index contributed by atoms with van der Waals surface area (Å²) >= 11 is 1.20. The third-order valence-corrected chi connectivity index (χ3v) is 3.72. The summed E-state index contributed by atoms with van der Waals surface area (Å²) in [7, 11) is 0. The Bertz CT molecular complexity index is 824. The zero-order valence-electron chi connectivity index (χ0n) is 10.7. The summed E-state index contributed by atoms with van der Waals surface area (Å²) in [5.41, 5.74) is 1.27. The number of hydrogen-bond acceptors (Lipinski definition) is 5. The van der Waals surface area contributed by atoms with Crippen LogP contribution in [-0.4, -0.2) is 32.2 Å². The van der Waals surface area contributed by atoms with Crippen molar-refractivity contribution in [3.63, 3.8) is 0 Å². The molecule has 0 unspecified atom stereocenters. The molecule has 0 saturated heterocycles. The highest BCUT2D eigenvalue weighted by atomic mass is 32.1. The molecule has 0 aliphatic heterocycles. The molecule has 0 fully saturated rings. The number of carbonyl (C=O) groups excluding carboxylic acids is 1. The molecule has 0 saturated carbocycles. The molecule has 0 aliphatic carbocycles. The molecule has 3 rings (SSSR count). The fraction of sp³-hybridized carbons (Fsp3) is 0.0769. The second-order valence-corrected chi connectivity index (χ2v) is 5.23. The van der Waals surface area contributed by atoms with E-state index in [2.05, 4.69) is 20.5 Å². The summed E-state index contributed by atoms with van der Waals surface area (Å²) in [5, 5.41) is 21.1. The van der Waals surface area contributed by atoms with Gasteiger partial charge in [-0.25, -0.2) is 9.78 Å². The molecule has 0 radical (unpaired) electrons. The smallest absolute Gasteiger partial charge is 0.355 e. The standard InChI is InChI=1S/C13H10N4O3S/c18-12(7-1-2-8-4-15-17-9(8)3-7)14-5-11-16-10(6-21-11)13(19)20/h1-4,6H,5H2,(H,14,18)(H,15,17)(H,19,20). The Morgan fingerprint density at radius 1 is 1.38 bits per heavy atom. The topological polar surface area (TPSA) is 108 Å². The van der Waals surface area contributed by atoms with E-state index in [1.807, 2.05) is 0 Å². The van der Waals surface area contributed by atoms with Crippen LogP contribution in [-0.2, 0) is 6.54 Å². The van der Waals surface area contributed by atoms with Crippen molar-refractivity contribution in [1.82, 2.24) is 20.5 Å². The summed E-state index contributed by atoms with van der Waals surface area (Å²) in [4.78, 5) is 26.7. The van der Waals surface area contributed by atoms with Crippen molar-refractivity contribution < 1.29 is 14.7 Å². The third kappa shape index (κ3) is 2.75. The maximum absolute atomic E-state index is 12.0. The zero-order chi connectivity index (χ0) is 14.8. The van der Waals surface area contributed by atoms with E-state index in [0.717, 1.165) is 10.9 Å². The van der Waals surface area contributed by atoms with Crippen LogP contribution in [0.3, 0.4) is 0 Å². The lowest BCUT2D eigenvalue weighted by Gasteiger charge is -2.03. The van der Waals surface area contributed by atoms with E-state index >= 15 is 0 Å². The SMILES string of the molecule is O=C(NCc1nc(C(=O)O)cs1)c1ccc2cn[nH]c2c1. The van der Waals surface area contributed by atoms with Crippen LogP contribution in [0.5, 0.6) is 0 Å². The van der Waals surface area contributed by atoms with Gasteiger partial charge >= 0.3 is 5.97 Å². The summed E-state index contributed by atoms with van der Waals surface area (Å²) in [5.74, 6) is -1.33. The summed E-state index contributed by atoms with van der Waals surface area (Å²) in [6.45, 7) is 0.192. The monoisotopic (exact) mass is 302 g/mol. The van der Waals surface area contributed by atoms with Crippen molar-refractivity contribution in [2.45, 2.75) is 6.54 Å². The van der Waals surface area contributed by atoms with Gasteiger partial charge in [0.15, 0.2) is 5.69 Å². The van der Waals surface area contributed by atoms with Crippen molar-refractivity contribution in [3.8, 4) is 0 Å². The number of carboxylic acids is 1. The Kier molecular flexibility index (Phi) is 3.36. The van der Waals surface area contributed by atoms with Crippen molar-refractivity contribution in [2.24, 2.45) is 0 Å². The molecule has 0 spiro atoms. The first-order chi connectivity index (χ1) is 10.1. The minimum Gasteiger partial charge on any atom is -0.476 e. The molecular weight excluding hydrogens is 292 g/mol. The molecule has 3 aromatic rings. The third-order valence-electron chi connectivity index (χ3n) is 2.88. The van der Waals surface area contributed by atoms with Crippen LogP contribution in [0.15, 0.2) is 29.8 Å². The molecule has 0 bridgehead atoms. The molecule has 106 valence electrons. The van der Waals surface area contributed by atoms with Gasteiger partial charge in [-0.3, -0.25) is 9.89 Å². The van der Waals surface area contributed by atoms with E-state index in [9.17, 15) is 9.59 Å². The highest BCUT2D eigenvalue weighted by Gasteiger charge is 2.11. The van der Waals surface area contributed by atoms with Gasteiger partial charge in [-0.2, -0.15) is 5.10 Å². The maximum atomic E-state index is 12.0. The molecule has 2 aromatic heterocycles. The first-order valence-corrected chi connectivity index (χ1v) is 6.90. The number of nitrogens with zero attached hydrogens (tertiary/aromatic N) is 2. The Hall–Kier alpha value is -2.74. The first-order valence-electron chi connectivity index (χ1n) is 6.02. The van der Waals surface area contributed by atoms with Crippen LogP contribution >= 0.6 is 11.3 Å². The Morgan fingerprint density at radius 3 is 3.00 bits per heavy atom. The van der Waals surface area contributed by atoms with E-state index < -0.39 is 5.97 Å². The van der Waals surface area contributed by atoms with Gasteiger partial charge in [0.2, 0.25) is 0 Å².